The minimum absolute atomic E-state index is 0.223. The second-order valence-electron chi connectivity index (χ2n) is 5.09. The zero-order valence-electron chi connectivity index (χ0n) is 11.2. The van der Waals surface area contributed by atoms with E-state index in [1.165, 1.54) is 0 Å². The van der Waals surface area contributed by atoms with Gasteiger partial charge < -0.3 is 9.47 Å². The van der Waals surface area contributed by atoms with Crippen molar-refractivity contribution in [3.8, 4) is 0 Å². The summed E-state index contributed by atoms with van der Waals surface area (Å²) >= 11 is 0. The van der Waals surface area contributed by atoms with E-state index >= 15 is 0 Å². The second-order valence-corrected chi connectivity index (χ2v) is 5.09. The molecule has 0 amide bonds. The lowest BCUT2D eigenvalue weighted by Crippen LogP contribution is -2.53. The molecule has 1 saturated heterocycles. The van der Waals surface area contributed by atoms with Crippen molar-refractivity contribution in [3.05, 3.63) is 48.0 Å². The van der Waals surface area contributed by atoms with Gasteiger partial charge in [-0.25, -0.2) is 0 Å². The first-order chi connectivity index (χ1) is 9.68. The molecule has 4 nitrogen and oxygen atoms in total. The number of rotatable bonds is 3. The smallest absolute Gasteiger partial charge is 0.328 e. The number of hydrogen-bond donors (Lipinski definition) is 0. The molecule has 2 bridgehead atoms. The summed E-state index contributed by atoms with van der Waals surface area (Å²) in [5.74, 6) is -1.24. The Kier molecular flexibility index (Phi) is 3.08. The van der Waals surface area contributed by atoms with Crippen molar-refractivity contribution in [2.75, 3.05) is 6.61 Å². The van der Waals surface area contributed by atoms with Crippen LogP contribution in [0.4, 0.5) is 0 Å². The van der Waals surface area contributed by atoms with Crippen molar-refractivity contribution in [2.45, 2.75) is 25.4 Å². The lowest BCUT2D eigenvalue weighted by Gasteiger charge is -2.44. The number of esters is 2. The van der Waals surface area contributed by atoms with Crippen LogP contribution in [0.1, 0.15) is 24.8 Å². The van der Waals surface area contributed by atoms with Gasteiger partial charge in [-0.15, -0.1) is 0 Å². The van der Waals surface area contributed by atoms with Crippen LogP contribution in [0.5, 0.6) is 0 Å². The molecule has 0 unspecified atom stereocenters. The number of benzene rings is 1. The summed E-state index contributed by atoms with van der Waals surface area (Å²) in [7, 11) is 0. The molecular formula is C16H16O4. The van der Waals surface area contributed by atoms with Gasteiger partial charge in [0.1, 0.15) is 6.10 Å². The van der Waals surface area contributed by atoms with E-state index in [9.17, 15) is 9.59 Å². The average Bonchev–Trinajstić information content (AvgIpc) is 2.48. The first-order valence-corrected chi connectivity index (χ1v) is 6.81. The van der Waals surface area contributed by atoms with E-state index in [-0.39, 0.29) is 18.6 Å². The maximum Gasteiger partial charge on any atom is 0.328 e. The van der Waals surface area contributed by atoms with E-state index in [1.54, 1.807) is 19.1 Å². The molecule has 104 valence electrons. The van der Waals surface area contributed by atoms with Gasteiger partial charge in [-0.05, 0) is 25.0 Å². The van der Waals surface area contributed by atoms with E-state index in [4.69, 9.17) is 9.47 Å². The predicted octanol–water partition coefficient (Wildman–Crippen LogP) is 2.21. The van der Waals surface area contributed by atoms with Crippen LogP contribution < -0.4 is 0 Å². The maximum atomic E-state index is 12.4. The van der Waals surface area contributed by atoms with Crippen molar-refractivity contribution in [3.63, 3.8) is 0 Å². The van der Waals surface area contributed by atoms with Gasteiger partial charge in [0.25, 0.3) is 0 Å². The van der Waals surface area contributed by atoms with Gasteiger partial charge in [0, 0.05) is 5.92 Å². The molecule has 0 saturated carbocycles. The van der Waals surface area contributed by atoms with Crippen LogP contribution in [0.15, 0.2) is 42.5 Å². The van der Waals surface area contributed by atoms with Crippen LogP contribution in [0.25, 0.3) is 0 Å². The molecule has 2 heterocycles. The third kappa shape index (κ3) is 1.75. The highest BCUT2D eigenvalue weighted by molar-refractivity contribution is 6.05. The summed E-state index contributed by atoms with van der Waals surface area (Å²) in [6.45, 7) is 1.97. The van der Waals surface area contributed by atoms with Gasteiger partial charge in [0.2, 0.25) is 0 Å². The monoisotopic (exact) mass is 272 g/mol. The first-order valence-electron chi connectivity index (χ1n) is 6.81. The van der Waals surface area contributed by atoms with Crippen LogP contribution in [0.3, 0.4) is 0 Å². The number of carbonyl (C=O) groups excluding carboxylic acids is 2. The Morgan fingerprint density at radius 2 is 2.15 bits per heavy atom. The summed E-state index contributed by atoms with van der Waals surface area (Å²) in [6, 6.07) is 9.60. The quantitative estimate of drug-likeness (QED) is 0.481. The highest BCUT2D eigenvalue weighted by Gasteiger charge is 2.59. The molecule has 1 aromatic rings. The van der Waals surface area contributed by atoms with Crippen molar-refractivity contribution in [1.82, 2.24) is 0 Å². The Balaban J connectivity index is 2.08. The molecule has 1 aliphatic carbocycles. The van der Waals surface area contributed by atoms with Gasteiger partial charge in [-0.1, -0.05) is 36.4 Å². The number of fused-ring (bicyclic) bond motifs is 2. The number of carbonyl (C=O) groups is 2. The molecule has 2 aliphatic heterocycles. The molecule has 1 fully saturated rings. The van der Waals surface area contributed by atoms with Gasteiger partial charge >= 0.3 is 11.9 Å². The summed E-state index contributed by atoms with van der Waals surface area (Å²) in [4.78, 5) is 24.7. The van der Waals surface area contributed by atoms with Gasteiger partial charge in [0.05, 0.1) is 6.61 Å². The summed E-state index contributed by atoms with van der Waals surface area (Å²) in [5, 5.41) is 0. The average molecular weight is 272 g/mol. The summed E-state index contributed by atoms with van der Waals surface area (Å²) in [5.41, 5.74) is -0.363. The van der Waals surface area contributed by atoms with Gasteiger partial charge in [-0.3, -0.25) is 9.59 Å². The zero-order chi connectivity index (χ0) is 14.2. The topological polar surface area (TPSA) is 52.6 Å². The van der Waals surface area contributed by atoms with Crippen molar-refractivity contribution < 1.29 is 19.1 Å². The number of ether oxygens (including phenoxy) is 2. The van der Waals surface area contributed by atoms with Crippen LogP contribution in [0, 0.1) is 5.41 Å². The van der Waals surface area contributed by atoms with Crippen molar-refractivity contribution >= 4 is 11.9 Å². The van der Waals surface area contributed by atoms with Gasteiger partial charge in [0.15, 0.2) is 5.41 Å². The van der Waals surface area contributed by atoms with Crippen LogP contribution in [-0.4, -0.2) is 24.6 Å². The minimum atomic E-state index is -1.33. The fourth-order valence-electron chi connectivity index (χ4n) is 3.03. The minimum Gasteiger partial charge on any atom is -0.465 e. The Hall–Kier alpha value is -2.10. The SMILES string of the molecule is CCOC(=O)[C@@]12C=C[C@@H](C[C@H]1c1ccccc1)OC2=O. The van der Waals surface area contributed by atoms with Crippen molar-refractivity contribution in [2.24, 2.45) is 5.41 Å². The first kappa shape index (κ1) is 12.9. The van der Waals surface area contributed by atoms with E-state index in [1.807, 2.05) is 30.3 Å². The van der Waals surface area contributed by atoms with E-state index in [0.717, 1.165) is 5.56 Å². The zero-order valence-corrected chi connectivity index (χ0v) is 11.2. The van der Waals surface area contributed by atoms with E-state index < -0.39 is 17.4 Å². The standard InChI is InChI=1S/C16H16O4/c1-2-19-14(17)16-9-8-12(20-15(16)18)10-13(16)11-6-4-3-5-7-11/h3-9,12-13H,2,10H2,1H3/t12-,13-,16+/m0/s1. The highest BCUT2D eigenvalue weighted by Crippen LogP contribution is 2.50. The third-order valence-corrected chi connectivity index (χ3v) is 4.00. The van der Waals surface area contributed by atoms with Gasteiger partial charge in [-0.2, -0.15) is 0 Å². The van der Waals surface area contributed by atoms with E-state index in [0.29, 0.717) is 6.42 Å². The molecule has 4 rings (SSSR count). The third-order valence-electron chi connectivity index (χ3n) is 4.00. The number of hydrogen-bond acceptors (Lipinski definition) is 4. The molecule has 4 heteroatoms. The Morgan fingerprint density at radius 3 is 2.80 bits per heavy atom. The maximum absolute atomic E-state index is 12.4. The molecule has 0 spiro atoms. The van der Waals surface area contributed by atoms with Crippen molar-refractivity contribution in [1.29, 1.82) is 0 Å². The highest BCUT2D eigenvalue weighted by atomic mass is 16.6. The normalized spacial score (nSPS) is 30.9. The molecule has 0 aromatic heterocycles. The molecule has 3 aliphatic rings. The Labute approximate surface area is 117 Å². The Bertz CT molecular complexity index is 563. The second kappa shape index (κ2) is 4.78. The fraction of sp³-hybridized carbons (Fsp3) is 0.375. The van der Waals surface area contributed by atoms with Crippen LogP contribution in [0.2, 0.25) is 0 Å². The molecular weight excluding hydrogens is 256 g/mol. The van der Waals surface area contributed by atoms with E-state index in [2.05, 4.69) is 0 Å². The predicted molar refractivity (Wildman–Crippen MR) is 71.9 cm³/mol. The molecule has 20 heavy (non-hydrogen) atoms. The van der Waals surface area contributed by atoms with Crippen LogP contribution >= 0.6 is 0 Å². The lowest BCUT2D eigenvalue weighted by atomic mass is 9.64. The Morgan fingerprint density at radius 1 is 1.40 bits per heavy atom. The largest absolute Gasteiger partial charge is 0.465 e. The summed E-state index contributed by atoms with van der Waals surface area (Å²) < 4.78 is 10.4. The molecule has 1 aromatic carbocycles. The van der Waals surface area contributed by atoms with Crippen LogP contribution in [-0.2, 0) is 19.1 Å². The molecule has 0 N–H and O–H groups in total. The molecule has 3 atom stereocenters. The summed E-state index contributed by atoms with van der Waals surface area (Å²) in [6.07, 6.45) is 3.83. The molecule has 0 radical (unpaired) electrons. The fourth-order valence-corrected chi connectivity index (χ4v) is 3.03. The lowest BCUT2D eigenvalue weighted by molar-refractivity contribution is -0.181.